The van der Waals surface area contributed by atoms with Crippen molar-refractivity contribution in [3.8, 4) is 5.75 Å². The molecule has 1 aliphatic rings. The van der Waals surface area contributed by atoms with Crippen molar-refractivity contribution in [3.05, 3.63) is 28.8 Å². The molecular formula is C15H20ClNO3. The van der Waals surface area contributed by atoms with Gasteiger partial charge in [0.05, 0.1) is 0 Å². The molecule has 0 saturated carbocycles. The maximum atomic E-state index is 12.0. The first-order valence-corrected chi connectivity index (χ1v) is 7.10. The Morgan fingerprint density at radius 3 is 2.70 bits per heavy atom. The molecule has 1 fully saturated rings. The molecule has 1 amide bonds. The number of phenolic OH excluding ortho intramolecular Hbond substituents is 1. The van der Waals surface area contributed by atoms with Gasteiger partial charge in [0.2, 0.25) is 0 Å². The lowest BCUT2D eigenvalue weighted by molar-refractivity contribution is 0.0292. The summed E-state index contributed by atoms with van der Waals surface area (Å²) in [6.45, 7) is 6.82. The van der Waals surface area contributed by atoms with E-state index in [1.807, 2.05) is 26.8 Å². The summed E-state index contributed by atoms with van der Waals surface area (Å²) < 4.78 is 5.36. The lowest BCUT2D eigenvalue weighted by atomic mass is 9.98. The zero-order valence-corrected chi connectivity index (χ0v) is 12.8. The van der Waals surface area contributed by atoms with Crippen LogP contribution in [0, 0.1) is 0 Å². The molecule has 1 aromatic carbocycles. The van der Waals surface area contributed by atoms with Crippen molar-refractivity contribution in [2.24, 2.45) is 0 Å². The highest BCUT2D eigenvalue weighted by Crippen LogP contribution is 2.32. The minimum atomic E-state index is -0.483. The van der Waals surface area contributed by atoms with Gasteiger partial charge in [-0.2, -0.15) is 0 Å². The number of carbonyl (C=O) groups excluding carboxylic acids is 1. The number of phenols is 1. The van der Waals surface area contributed by atoms with Crippen LogP contribution in [0.1, 0.15) is 38.7 Å². The van der Waals surface area contributed by atoms with E-state index < -0.39 is 5.60 Å². The third-order valence-electron chi connectivity index (χ3n) is 3.22. The van der Waals surface area contributed by atoms with Crippen molar-refractivity contribution in [3.63, 3.8) is 0 Å². The van der Waals surface area contributed by atoms with Crippen molar-refractivity contribution < 1.29 is 14.6 Å². The van der Waals surface area contributed by atoms with Crippen LogP contribution in [0.25, 0.3) is 0 Å². The van der Waals surface area contributed by atoms with Gasteiger partial charge >= 0.3 is 6.09 Å². The van der Waals surface area contributed by atoms with E-state index >= 15 is 0 Å². The summed E-state index contributed by atoms with van der Waals surface area (Å²) in [5.41, 5.74) is 0.477. The first kappa shape index (κ1) is 15.0. The van der Waals surface area contributed by atoms with Gasteiger partial charge in [0.25, 0.3) is 0 Å². The molecule has 0 aromatic heterocycles. The van der Waals surface area contributed by atoms with E-state index in [-0.39, 0.29) is 17.8 Å². The number of nitrogens with zero attached hydrogens (tertiary/aromatic N) is 1. The van der Waals surface area contributed by atoms with E-state index in [4.69, 9.17) is 16.3 Å². The second-order valence-corrected chi connectivity index (χ2v) is 6.59. The van der Waals surface area contributed by atoms with Crippen molar-refractivity contribution >= 4 is 17.7 Å². The van der Waals surface area contributed by atoms with Crippen molar-refractivity contribution in [1.29, 1.82) is 0 Å². The summed E-state index contributed by atoms with van der Waals surface area (Å²) >= 11 is 5.95. The standard InChI is InChI=1S/C15H20ClNO3/c1-15(2,3)20-14(19)17-5-4-10(9-17)11-6-12(16)8-13(18)7-11/h6-8,10,18H,4-5,9H2,1-3H3. The molecular weight excluding hydrogens is 278 g/mol. The van der Waals surface area contributed by atoms with Gasteiger partial charge in [-0.15, -0.1) is 0 Å². The van der Waals surface area contributed by atoms with Gasteiger partial charge in [-0.05, 0) is 51.0 Å². The highest BCUT2D eigenvalue weighted by atomic mass is 35.5. The highest BCUT2D eigenvalue weighted by Gasteiger charge is 2.30. The van der Waals surface area contributed by atoms with Crippen molar-refractivity contribution in [1.82, 2.24) is 4.90 Å². The second kappa shape index (κ2) is 5.52. The number of hydrogen-bond acceptors (Lipinski definition) is 3. The van der Waals surface area contributed by atoms with Gasteiger partial charge in [0.1, 0.15) is 11.4 Å². The number of aromatic hydroxyl groups is 1. The van der Waals surface area contributed by atoms with Gasteiger partial charge < -0.3 is 14.7 Å². The van der Waals surface area contributed by atoms with Crippen LogP contribution in [0.3, 0.4) is 0 Å². The molecule has 2 rings (SSSR count). The Balaban J connectivity index is 2.03. The third-order valence-corrected chi connectivity index (χ3v) is 3.43. The summed E-state index contributed by atoms with van der Waals surface area (Å²) in [5.74, 6) is 0.343. The molecule has 1 aliphatic heterocycles. The largest absolute Gasteiger partial charge is 0.508 e. The lowest BCUT2D eigenvalue weighted by Gasteiger charge is -2.24. The van der Waals surface area contributed by atoms with Crippen LogP contribution in [0.15, 0.2) is 18.2 Å². The summed E-state index contributed by atoms with van der Waals surface area (Å²) in [6, 6.07) is 5.05. The topological polar surface area (TPSA) is 49.8 Å². The van der Waals surface area contributed by atoms with E-state index in [0.29, 0.717) is 18.1 Å². The van der Waals surface area contributed by atoms with Crippen LogP contribution >= 0.6 is 11.6 Å². The van der Waals surface area contributed by atoms with E-state index in [0.717, 1.165) is 12.0 Å². The molecule has 5 heteroatoms. The van der Waals surface area contributed by atoms with E-state index in [9.17, 15) is 9.90 Å². The first-order chi connectivity index (χ1) is 9.24. The first-order valence-electron chi connectivity index (χ1n) is 6.72. The predicted molar refractivity (Wildman–Crippen MR) is 78.3 cm³/mol. The number of rotatable bonds is 1. The predicted octanol–water partition coefficient (Wildman–Crippen LogP) is 3.77. The number of likely N-dealkylation sites (tertiary alicyclic amines) is 1. The average Bonchev–Trinajstić information content (AvgIpc) is 2.74. The number of halogens is 1. The Hall–Kier alpha value is -1.42. The number of carbonyl (C=O) groups is 1. The SMILES string of the molecule is CC(C)(C)OC(=O)N1CCC(c2cc(O)cc(Cl)c2)C1. The maximum Gasteiger partial charge on any atom is 0.410 e. The van der Waals surface area contributed by atoms with Crippen LogP contribution in [-0.4, -0.2) is 34.8 Å². The molecule has 1 N–H and O–H groups in total. The maximum absolute atomic E-state index is 12.0. The molecule has 0 aliphatic carbocycles. The van der Waals surface area contributed by atoms with Crippen LogP contribution in [0.4, 0.5) is 4.79 Å². The Kier molecular flexibility index (Phi) is 4.14. The monoisotopic (exact) mass is 297 g/mol. The zero-order chi connectivity index (χ0) is 14.9. The number of ether oxygens (including phenoxy) is 1. The fourth-order valence-electron chi connectivity index (χ4n) is 2.36. The average molecular weight is 298 g/mol. The molecule has 1 saturated heterocycles. The number of amides is 1. The number of benzene rings is 1. The molecule has 1 atom stereocenters. The third kappa shape index (κ3) is 3.79. The van der Waals surface area contributed by atoms with E-state index in [1.54, 1.807) is 11.0 Å². The van der Waals surface area contributed by atoms with Crippen LogP contribution in [0.5, 0.6) is 5.75 Å². The van der Waals surface area contributed by atoms with E-state index in [2.05, 4.69) is 0 Å². The van der Waals surface area contributed by atoms with Crippen molar-refractivity contribution in [2.45, 2.75) is 38.7 Å². The molecule has 0 bridgehead atoms. The Morgan fingerprint density at radius 1 is 1.40 bits per heavy atom. The molecule has 1 heterocycles. The molecule has 1 aromatic rings. The molecule has 110 valence electrons. The molecule has 1 unspecified atom stereocenters. The molecule has 0 radical (unpaired) electrons. The fourth-order valence-corrected chi connectivity index (χ4v) is 2.59. The smallest absolute Gasteiger partial charge is 0.410 e. The lowest BCUT2D eigenvalue weighted by Crippen LogP contribution is -2.35. The molecule has 0 spiro atoms. The zero-order valence-electron chi connectivity index (χ0n) is 12.0. The Labute approximate surface area is 124 Å². The van der Waals surface area contributed by atoms with Crippen molar-refractivity contribution in [2.75, 3.05) is 13.1 Å². The van der Waals surface area contributed by atoms with Gasteiger partial charge in [-0.3, -0.25) is 0 Å². The Morgan fingerprint density at radius 2 is 2.10 bits per heavy atom. The van der Waals surface area contributed by atoms with Gasteiger partial charge in [0, 0.05) is 24.0 Å². The highest BCUT2D eigenvalue weighted by molar-refractivity contribution is 6.30. The minimum absolute atomic E-state index is 0.156. The van der Waals surface area contributed by atoms with Crippen LogP contribution < -0.4 is 0 Å². The quantitative estimate of drug-likeness (QED) is 0.858. The second-order valence-electron chi connectivity index (χ2n) is 6.15. The molecule has 4 nitrogen and oxygen atoms in total. The minimum Gasteiger partial charge on any atom is -0.508 e. The normalized spacial score (nSPS) is 19.2. The summed E-state index contributed by atoms with van der Waals surface area (Å²) in [7, 11) is 0. The van der Waals surface area contributed by atoms with Gasteiger partial charge in [0.15, 0.2) is 0 Å². The van der Waals surface area contributed by atoms with E-state index in [1.165, 1.54) is 6.07 Å². The summed E-state index contributed by atoms with van der Waals surface area (Å²) in [6.07, 6.45) is 0.560. The summed E-state index contributed by atoms with van der Waals surface area (Å²) in [4.78, 5) is 13.7. The Bertz CT molecular complexity index is 490. The number of hydrogen-bond donors (Lipinski definition) is 1. The molecule has 20 heavy (non-hydrogen) atoms. The fraction of sp³-hybridized carbons (Fsp3) is 0.533. The van der Waals surface area contributed by atoms with Gasteiger partial charge in [-0.1, -0.05) is 11.6 Å². The van der Waals surface area contributed by atoms with Gasteiger partial charge in [-0.25, -0.2) is 4.79 Å². The summed E-state index contributed by atoms with van der Waals surface area (Å²) in [5, 5.41) is 10.1. The van der Waals surface area contributed by atoms with Crippen LogP contribution in [-0.2, 0) is 4.74 Å². The van der Waals surface area contributed by atoms with Crippen LogP contribution in [0.2, 0.25) is 5.02 Å².